The van der Waals surface area contributed by atoms with Crippen LogP contribution in [0.25, 0.3) is 0 Å². The van der Waals surface area contributed by atoms with Crippen molar-refractivity contribution in [2.24, 2.45) is 0 Å². The molecule has 1 aromatic rings. The molecule has 0 spiro atoms. The Morgan fingerprint density at radius 1 is 1.53 bits per heavy atom. The van der Waals surface area contributed by atoms with Crippen LogP contribution in [0.4, 0.5) is 8.78 Å². The van der Waals surface area contributed by atoms with Crippen LogP contribution >= 0.6 is 15.9 Å². The third-order valence-corrected chi connectivity index (χ3v) is 2.67. The first-order valence-corrected chi connectivity index (χ1v) is 5.26. The van der Waals surface area contributed by atoms with Crippen LogP contribution in [-0.2, 0) is 10.1 Å². The van der Waals surface area contributed by atoms with Gasteiger partial charge in [0.2, 0.25) is 0 Å². The zero-order valence-corrected chi connectivity index (χ0v) is 9.82. The van der Waals surface area contributed by atoms with Gasteiger partial charge in [-0.05, 0) is 18.6 Å². The van der Waals surface area contributed by atoms with Gasteiger partial charge in [0.05, 0.1) is 12.7 Å². The molecule has 82 valence electrons. The van der Waals surface area contributed by atoms with E-state index in [1.165, 1.54) is 14.0 Å². The fraction of sp³-hybridized carbons (Fsp3) is 0.300. The van der Waals surface area contributed by atoms with E-state index in [0.29, 0.717) is 5.56 Å². The van der Waals surface area contributed by atoms with E-state index in [2.05, 4.69) is 20.7 Å². The van der Waals surface area contributed by atoms with E-state index in [1.807, 2.05) is 0 Å². The molecule has 0 bridgehead atoms. The zero-order chi connectivity index (χ0) is 11.6. The smallest absolute Gasteiger partial charge is 0.338 e. The summed E-state index contributed by atoms with van der Waals surface area (Å²) in [7, 11) is 1.20. The monoisotopic (exact) mass is 278 g/mol. The minimum atomic E-state index is -1.01. The Balaban J connectivity index is 3.47. The number of carbonyl (C=O) groups is 1. The third kappa shape index (κ3) is 2.17. The Hall–Kier alpha value is -0.970. The van der Waals surface area contributed by atoms with Crippen LogP contribution in [0, 0.1) is 18.6 Å². The van der Waals surface area contributed by atoms with Crippen LogP contribution in [0.2, 0.25) is 0 Å². The van der Waals surface area contributed by atoms with Crippen molar-refractivity contribution >= 4 is 21.9 Å². The molecule has 0 aliphatic rings. The van der Waals surface area contributed by atoms with Gasteiger partial charge < -0.3 is 4.74 Å². The van der Waals surface area contributed by atoms with Crippen molar-refractivity contribution in [3.8, 4) is 0 Å². The van der Waals surface area contributed by atoms with Crippen LogP contribution in [-0.4, -0.2) is 13.1 Å². The first-order chi connectivity index (χ1) is 7.02. The molecule has 0 radical (unpaired) electrons. The molecule has 5 heteroatoms. The number of hydrogen-bond donors (Lipinski definition) is 0. The normalized spacial score (nSPS) is 10.2. The van der Waals surface area contributed by atoms with E-state index >= 15 is 0 Å². The molecule has 0 amide bonds. The number of rotatable bonds is 2. The quantitative estimate of drug-likeness (QED) is 0.614. The number of esters is 1. The van der Waals surface area contributed by atoms with Gasteiger partial charge in [-0.2, -0.15) is 0 Å². The summed E-state index contributed by atoms with van der Waals surface area (Å²) in [6.07, 6.45) is 0. The molecule has 0 saturated heterocycles. The number of methoxy groups -OCH3 is 1. The van der Waals surface area contributed by atoms with E-state index < -0.39 is 17.6 Å². The lowest BCUT2D eigenvalue weighted by Gasteiger charge is -2.10. The maximum absolute atomic E-state index is 13.2. The molecular formula is C10H9BrF2O2. The van der Waals surface area contributed by atoms with Crippen molar-refractivity contribution < 1.29 is 18.3 Å². The van der Waals surface area contributed by atoms with Gasteiger partial charge in [-0.25, -0.2) is 13.6 Å². The fourth-order valence-electron chi connectivity index (χ4n) is 1.31. The molecule has 0 aliphatic carbocycles. The number of halogens is 3. The van der Waals surface area contributed by atoms with E-state index in [4.69, 9.17) is 0 Å². The van der Waals surface area contributed by atoms with E-state index in [1.54, 1.807) is 0 Å². The van der Waals surface area contributed by atoms with E-state index in [-0.39, 0.29) is 16.5 Å². The summed E-state index contributed by atoms with van der Waals surface area (Å²) in [5.41, 5.74) is 0.419. The number of hydrogen-bond acceptors (Lipinski definition) is 2. The average molecular weight is 279 g/mol. The van der Waals surface area contributed by atoms with Crippen LogP contribution in [0.3, 0.4) is 0 Å². The van der Waals surface area contributed by atoms with Gasteiger partial charge in [0, 0.05) is 10.9 Å². The minimum Gasteiger partial charge on any atom is -0.465 e. The largest absolute Gasteiger partial charge is 0.465 e. The fourth-order valence-corrected chi connectivity index (χ4v) is 1.75. The van der Waals surface area contributed by atoms with Gasteiger partial charge in [0.15, 0.2) is 11.6 Å². The Labute approximate surface area is 94.4 Å². The first kappa shape index (κ1) is 12.1. The summed E-state index contributed by atoms with van der Waals surface area (Å²) < 4.78 is 30.7. The van der Waals surface area contributed by atoms with Crippen molar-refractivity contribution in [3.63, 3.8) is 0 Å². The summed E-state index contributed by atoms with van der Waals surface area (Å²) in [5.74, 6) is -2.64. The van der Waals surface area contributed by atoms with Crippen molar-refractivity contribution in [3.05, 3.63) is 34.4 Å². The van der Waals surface area contributed by atoms with Crippen LogP contribution in [0.15, 0.2) is 6.07 Å². The molecule has 15 heavy (non-hydrogen) atoms. The Kier molecular flexibility index (Phi) is 3.79. The maximum atomic E-state index is 13.2. The molecule has 0 aliphatic heterocycles. The van der Waals surface area contributed by atoms with Gasteiger partial charge in [0.25, 0.3) is 0 Å². The predicted molar refractivity (Wildman–Crippen MR) is 55.1 cm³/mol. The molecule has 0 atom stereocenters. The van der Waals surface area contributed by atoms with E-state index in [0.717, 1.165) is 6.07 Å². The summed E-state index contributed by atoms with van der Waals surface area (Å²) in [6.45, 7) is 1.34. The molecular weight excluding hydrogens is 270 g/mol. The second kappa shape index (κ2) is 4.70. The predicted octanol–water partition coefficient (Wildman–Crippen LogP) is 2.95. The molecule has 0 saturated carbocycles. The van der Waals surface area contributed by atoms with Crippen LogP contribution in [0.1, 0.15) is 21.5 Å². The van der Waals surface area contributed by atoms with Gasteiger partial charge >= 0.3 is 5.97 Å². The number of carbonyl (C=O) groups excluding carboxylic acids is 1. The summed E-state index contributed by atoms with van der Waals surface area (Å²) in [4.78, 5) is 11.3. The second-order valence-corrected chi connectivity index (χ2v) is 3.52. The summed E-state index contributed by atoms with van der Waals surface area (Å²) in [6, 6.07) is 0.989. The van der Waals surface area contributed by atoms with Gasteiger partial charge in [0.1, 0.15) is 0 Å². The average Bonchev–Trinajstić information content (AvgIpc) is 2.24. The van der Waals surface area contributed by atoms with Crippen LogP contribution < -0.4 is 0 Å². The van der Waals surface area contributed by atoms with Crippen molar-refractivity contribution in [2.45, 2.75) is 12.3 Å². The van der Waals surface area contributed by atoms with E-state index in [9.17, 15) is 13.6 Å². The lowest BCUT2D eigenvalue weighted by Crippen LogP contribution is -2.10. The SMILES string of the molecule is COC(=O)c1c(CBr)cc(F)c(F)c1C. The minimum absolute atomic E-state index is 0.0312. The topological polar surface area (TPSA) is 26.3 Å². The van der Waals surface area contributed by atoms with Crippen molar-refractivity contribution in [1.82, 2.24) is 0 Å². The lowest BCUT2D eigenvalue weighted by atomic mass is 10.0. The molecule has 0 N–H and O–H groups in total. The Morgan fingerprint density at radius 2 is 2.13 bits per heavy atom. The highest BCUT2D eigenvalue weighted by molar-refractivity contribution is 9.08. The molecule has 0 unspecified atom stereocenters. The Bertz CT molecular complexity index is 405. The highest BCUT2D eigenvalue weighted by Crippen LogP contribution is 2.23. The second-order valence-electron chi connectivity index (χ2n) is 2.96. The van der Waals surface area contributed by atoms with Crippen LogP contribution in [0.5, 0.6) is 0 Å². The standard InChI is InChI=1S/C10H9BrF2O2/c1-5-8(10(14)15-2)6(4-11)3-7(12)9(5)13/h3H,4H2,1-2H3. The summed E-state index contributed by atoms with van der Waals surface area (Å²) in [5, 5.41) is 0.259. The van der Waals surface area contributed by atoms with Crippen molar-refractivity contribution in [1.29, 1.82) is 0 Å². The third-order valence-electron chi connectivity index (χ3n) is 2.07. The lowest BCUT2D eigenvalue weighted by molar-refractivity contribution is 0.0598. The van der Waals surface area contributed by atoms with Gasteiger partial charge in [-0.15, -0.1) is 0 Å². The summed E-state index contributed by atoms with van der Waals surface area (Å²) >= 11 is 3.10. The zero-order valence-electron chi connectivity index (χ0n) is 8.23. The first-order valence-electron chi connectivity index (χ1n) is 4.14. The molecule has 0 fully saturated rings. The molecule has 0 aromatic heterocycles. The highest BCUT2D eigenvalue weighted by Gasteiger charge is 2.20. The number of ether oxygens (including phenoxy) is 1. The highest BCUT2D eigenvalue weighted by atomic mass is 79.9. The van der Waals surface area contributed by atoms with Gasteiger partial charge in [-0.1, -0.05) is 15.9 Å². The molecule has 2 nitrogen and oxygen atoms in total. The molecule has 1 rings (SSSR count). The molecule has 1 aromatic carbocycles. The van der Waals surface area contributed by atoms with Gasteiger partial charge in [-0.3, -0.25) is 0 Å². The molecule has 0 heterocycles. The van der Waals surface area contributed by atoms with Crippen molar-refractivity contribution in [2.75, 3.05) is 7.11 Å². The number of alkyl halides is 1. The Morgan fingerprint density at radius 3 is 2.60 bits per heavy atom. The number of benzene rings is 1. The maximum Gasteiger partial charge on any atom is 0.338 e.